The molecule has 2 aromatic carbocycles. The van der Waals surface area contributed by atoms with Crippen molar-refractivity contribution in [1.29, 1.82) is 0 Å². The van der Waals surface area contributed by atoms with Gasteiger partial charge in [0.2, 0.25) is 5.91 Å². The SMILES string of the molecule is CCCN(CCC)C(=O)C1=Cc2c(cc(-c3ccc4c(=O)[nH]cnc4c3)cc2OC)N=C(N)C1. The van der Waals surface area contributed by atoms with Crippen LogP contribution in [-0.4, -0.2) is 46.8 Å². The van der Waals surface area contributed by atoms with Crippen molar-refractivity contribution in [1.82, 2.24) is 14.9 Å². The number of fused-ring (bicyclic) bond motifs is 2. The van der Waals surface area contributed by atoms with Crippen LogP contribution in [0.3, 0.4) is 0 Å². The summed E-state index contributed by atoms with van der Waals surface area (Å²) in [6.45, 7) is 5.52. The smallest absolute Gasteiger partial charge is 0.258 e. The molecule has 0 aliphatic carbocycles. The number of amidine groups is 1. The summed E-state index contributed by atoms with van der Waals surface area (Å²) in [5.41, 5.74) is 10.3. The summed E-state index contributed by atoms with van der Waals surface area (Å²) in [6, 6.07) is 9.28. The zero-order chi connectivity index (χ0) is 24.2. The fourth-order valence-corrected chi connectivity index (χ4v) is 4.24. The number of ether oxygens (including phenoxy) is 1. The van der Waals surface area contributed by atoms with Crippen molar-refractivity contribution in [2.75, 3.05) is 20.2 Å². The Kier molecular flexibility index (Phi) is 6.77. The van der Waals surface area contributed by atoms with Gasteiger partial charge in [0, 0.05) is 30.6 Å². The predicted molar refractivity (Wildman–Crippen MR) is 135 cm³/mol. The highest BCUT2D eigenvalue weighted by Gasteiger charge is 2.23. The second-order valence-electron chi connectivity index (χ2n) is 8.32. The first kappa shape index (κ1) is 23.2. The van der Waals surface area contributed by atoms with Gasteiger partial charge in [-0.15, -0.1) is 0 Å². The summed E-state index contributed by atoms with van der Waals surface area (Å²) in [5.74, 6) is 0.941. The average Bonchev–Trinajstić information content (AvgIpc) is 3.00. The maximum absolute atomic E-state index is 13.3. The molecule has 176 valence electrons. The molecule has 3 N–H and O–H groups in total. The van der Waals surface area contributed by atoms with Gasteiger partial charge in [-0.1, -0.05) is 19.9 Å². The Bertz CT molecular complexity index is 1350. The molecule has 0 fully saturated rings. The maximum atomic E-state index is 13.3. The van der Waals surface area contributed by atoms with E-state index in [2.05, 4.69) is 28.8 Å². The molecule has 1 aliphatic heterocycles. The third-order valence-electron chi connectivity index (χ3n) is 5.82. The van der Waals surface area contributed by atoms with Gasteiger partial charge in [-0.25, -0.2) is 9.98 Å². The number of carbonyl (C=O) groups excluding carboxylic acids is 1. The molecule has 0 spiro atoms. The van der Waals surface area contributed by atoms with Crippen molar-refractivity contribution < 1.29 is 9.53 Å². The van der Waals surface area contributed by atoms with Crippen molar-refractivity contribution in [2.24, 2.45) is 10.7 Å². The normalized spacial score (nSPS) is 13.0. The van der Waals surface area contributed by atoms with E-state index < -0.39 is 0 Å². The zero-order valence-electron chi connectivity index (χ0n) is 19.7. The van der Waals surface area contributed by atoms with Gasteiger partial charge in [-0.05, 0) is 54.3 Å². The predicted octanol–water partition coefficient (Wildman–Crippen LogP) is 4.02. The lowest BCUT2D eigenvalue weighted by atomic mass is 9.99. The highest BCUT2D eigenvalue weighted by molar-refractivity contribution is 6.06. The van der Waals surface area contributed by atoms with Crippen LogP contribution >= 0.6 is 0 Å². The molecule has 1 aromatic heterocycles. The number of aromatic amines is 1. The standard InChI is InChI=1S/C26H29N5O3/c1-4-8-31(9-5-2)26(33)18-10-20-22(30-24(27)14-18)12-17(13-23(20)34-3)16-6-7-19-21(11-16)28-15-29-25(19)32/h6-7,10-13,15H,4-5,8-9,14H2,1-3H3,(H2,27,30)(H,28,29,32). The minimum absolute atomic E-state index is 0.0216. The van der Waals surface area contributed by atoms with Gasteiger partial charge in [0.25, 0.3) is 5.56 Å². The molecule has 8 nitrogen and oxygen atoms in total. The molecule has 0 unspecified atom stereocenters. The lowest BCUT2D eigenvalue weighted by Gasteiger charge is -2.22. The summed E-state index contributed by atoms with van der Waals surface area (Å²) in [7, 11) is 1.59. The Hall–Kier alpha value is -3.94. The number of carbonyl (C=O) groups is 1. The Morgan fingerprint density at radius 2 is 1.91 bits per heavy atom. The summed E-state index contributed by atoms with van der Waals surface area (Å²) in [5, 5.41) is 0.519. The highest BCUT2D eigenvalue weighted by atomic mass is 16.5. The number of hydrogen-bond acceptors (Lipinski definition) is 6. The van der Waals surface area contributed by atoms with Gasteiger partial charge in [0.15, 0.2) is 0 Å². The number of aromatic nitrogens is 2. The molecule has 0 bridgehead atoms. The summed E-state index contributed by atoms with van der Waals surface area (Å²) < 4.78 is 5.71. The summed E-state index contributed by atoms with van der Waals surface area (Å²) in [4.78, 5) is 38.7. The van der Waals surface area contributed by atoms with Gasteiger partial charge in [-0.3, -0.25) is 9.59 Å². The van der Waals surface area contributed by atoms with Crippen LogP contribution in [0.25, 0.3) is 28.1 Å². The number of aliphatic imine (C=N–C) groups is 1. The zero-order valence-corrected chi connectivity index (χ0v) is 19.7. The van der Waals surface area contributed by atoms with E-state index in [1.807, 2.05) is 35.2 Å². The van der Waals surface area contributed by atoms with Crippen LogP contribution in [0.15, 0.2) is 52.0 Å². The Labute approximate surface area is 198 Å². The van der Waals surface area contributed by atoms with Gasteiger partial charge in [0.05, 0.1) is 30.0 Å². The lowest BCUT2D eigenvalue weighted by molar-refractivity contribution is -0.127. The molecule has 0 radical (unpaired) electrons. The molecule has 3 aromatic rings. The first-order chi connectivity index (χ1) is 16.4. The molecule has 4 rings (SSSR count). The molecule has 8 heteroatoms. The van der Waals surface area contributed by atoms with Crippen LogP contribution in [-0.2, 0) is 4.79 Å². The minimum Gasteiger partial charge on any atom is -0.496 e. The first-order valence-electron chi connectivity index (χ1n) is 11.5. The van der Waals surface area contributed by atoms with Gasteiger partial charge in [-0.2, -0.15) is 0 Å². The van der Waals surface area contributed by atoms with Crippen molar-refractivity contribution in [2.45, 2.75) is 33.1 Å². The average molecular weight is 460 g/mol. The van der Waals surface area contributed by atoms with Crippen molar-refractivity contribution >= 4 is 34.4 Å². The van der Waals surface area contributed by atoms with Gasteiger partial charge >= 0.3 is 0 Å². The highest BCUT2D eigenvalue weighted by Crippen LogP contribution is 2.39. The molecule has 0 atom stereocenters. The van der Waals surface area contributed by atoms with E-state index in [-0.39, 0.29) is 17.9 Å². The molecule has 0 saturated heterocycles. The quantitative estimate of drug-likeness (QED) is 0.554. The molecular weight excluding hydrogens is 430 g/mol. The van der Waals surface area contributed by atoms with Crippen LogP contribution in [0.2, 0.25) is 0 Å². The number of nitrogens with one attached hydrogen (secondary N) is 1. The third kappa shape index (κ3) is 4.57. The molecule has 2 heterocycles. The molecule has 1 aliphatic rings. The minimum atomic E-state index is -0.184. The van der Waals surface area contributed by atoms with E-state index in [0.29, 0.717) is 46.8 Å². The third-order valence-corrected chi connectivity index (χ3v) is 5.82. The number of amides is 1. The van der Waals surface area contributed by atoms with Crippen LogP contribution in [0.4, 0.5) is 5.69 Å². The van der Waals surface area contributed by atoms with Crippen LogP contribution in [0, 0.1) is 0 Å². The van der Waals surface area contributed by atoms with Crippen LogP contribution in [0.5, 0.6) is 5.75 Å². The molecule has 0 saturated carbocycles. The fourth-order valence-electron chi connectivity index (χ4n) is 4.24. The summed E-state index contributed by atoms with van der Waals surface area (Å²) >= 11 is 0. The number of rotatable bonds is 7. The van der Waals surface area contributed by atoms with Crippen LogP contribution in [0.1, 0.15) is 38.7 Å². The van der Waals surface area contributed by atoms with E-state index in [1.54, 1.807) is 13.2 Å². The largest absolute Gasteiger partial charge is 0.496 e. The van der Waals surface area contributed by atoms with Crippen molar-refractivity contribution in [3.8, 4) is 16.9 Å². The Balaban J connectivity index is 1.81. The Morgan fingerprint density at radius 1 is 1.15 bits per heavy atom. The number of methoxy groups -OCH3 is 1. The monoisotopic (exact) mass is 459 g/mol. The maximum Gasteiger partial charge on any atom is 0.258 e. The lowest BCUT2D eigenvalue weighted by Crippen LogP contribution is -2.34. The van der Waals surface area contributed by atoms with E-state index in [9.17, 15) is 9.59 Å². The number of benzene rings is 2. The Morgan fingerprint density at radius 3 is 2.62 bits per heavy atom. The topological polar surface area (TPSA) is 114 Å². The number of nitrogens with zero attached hydrogens (tertiary/aromatic N) is 3. The van der Waals surface area contributed by atoms with Gasteiger partial charge < -0.3 is 20.4 Å². The first-order valence-corrected chi connectivity index (χ1v) is 11.5. The summed E-state index contributed by atoms with van der Waals surface area (Å²) in [6.07, 6.45) is 5.29. The number of nitrogens with two attached hydrogens (primary N) is 1. The van der Waals surface area contributed by atoms with Crippen LogP contribution < -0.4 is 16.0 Å². The van der Waals surface area contributed by atoms with E-state index in [1.165, 1.54) is 6.33 Å². The van der Waals surface area contributed by atoms with E-state index in [4.69, 9.17) is 10.5 Å². The van der Waals surface area contributed by atoms with E-state index >= 15 is 0 Å². The fraction of sp³-hybridized carbons (Fsp3) is 0.308. The molecular formula is C26H29N5O3. The number of H-pyrrole nitrogens is 1. The van der Waals surface area contributed by atoms with Gasteiger partial charge in [0.1, 0.15) is 11.6 Å². The van der Waals surface area contributed by atoms with Crippen molar-refractivity contribution in [3.05, 3.63) is 58.1 Å². The van der Waals surface area contributed by atoms with E-state index in [0.717, 1.165) is 29.5 Å². The molecule has 34 heavy (non-hydrogen) atoms. The molecule has 1 amide bonds. The van der Waals surface area contributed by atoms with Crippen molar-refractivity contribution in [3.63, 3.8) is 0 Å². The second-order valence-corrected chi connectivity index (χ2v) is 8.32. The second kappa shape index (κ2) is 9.91. The number of hydrogen-bond donors (Lipinski definition) is 2.